The van der Waals surface area contributed by atoms with Crippen molar-refractivity contribution in [2.75, 3.05) is 0 Å². The molecule has 2 rings (SSSR count). The summed E-state index contributed by atoms with van der Waals surface area (Å²) in [4.78, 5) is 14.8. The summed E-state index contributed by atoms with van der Waals surface area (Å²) in [6.45, 7) is 3.98. The number of nitrogens with zero attached hydrogens (tertiary/aromatic N) is 1. The standard InChI is InChI=1S/C15H17NO3/c1-3-11-4-6-12(7-5-11)15-10(2)16-13(19-15)8-9-14(17)18/h4-7H,3,8-9H2,1-2H3,(H,17,18). The van der Waals surface area contributed by atoms with Gasteiger partial charge >= 0.3 is 5.97 Å². The van der Waals surface area contributed by atoms with E-state index in [1.54, 1.807) is 0 Å². The third kappa shape index (κ3) is 3.22. The summed E-state index contributed by atoms with van der Waals surface area (Å²) in [5, 5.41) is 8.66. The van der Waals surface area contributed by atoms with E-state index in [0.29, 0.717) is 12.3 Å². The number of oxazole rings is 1. The van der Waals surface area contributed by atoms with Crippen LogP contribution in [0, 0.1) is 6.92 Å². The van der Waals surface area contributed by atoms with E-state index in [0.717, 1.165) is 23.4 Å². The Kier molecular flexibility index (Phi) is 4.00. The van der Waals surface area contributed by atoms with Gasteiger partial charge in [0.1, 0.15) is 0 Å². The molecule has 0 unspecified atom stereocenters. The number of carbonyl (C=O) groups is 1. The second-order valence-electron chi connectivity index (χ2n) is 4.47. The van der Waals surface area contributed by atoms with Crippen molar-refractivity contribution in [1.29, 1.82) is 0 Å². The lowest BCUT2D eigenvalue weighted by atomic mass is 10.1. The maximum Gasteiger partial charge on any atom is 0.303 e. The monoisotopic (exact) mass is 259 g/mol. The van der Waals surface area contributed by atoms with Gasteiger partial charge in [-0.05, 0) is 18.9 Å². The Labute approximate surface area is 112 Å². The zero-order chi connectivity index (χ0) is 13.8. The van der Waals surface area contributed by atoms with Crippen LogP contribution in [0.5, 0.6) is 0 Å². The zero-order valence-electron chi connectivity index (χ0n) is 11.1. The van der Waals surface area contributed by atoms with Crippen LogP contribution in [0.25, 0.3) is 11.3 Å². The molecule has 4 nitrogen and oxygen atoms in total. The summed E-state index contributed by atoms with van der Waals surface area (Å²) in [5.41, 5.74) is 3.04. The number of benzene rings is 1. The molecule has 100 valence electrons. The van der Waals surface area contributed by atoms with Crippen LogP contribution in [0.2, 0.25) is 0 Å². The fourth-order valence-corrected chi connectivity index (χ4v) is 1.93. The van der Waals surface area contributed by atoms with Crippen LogP contribution in [0.15, 0.2) is 28.7 Å². The van der Waals surface area contributed by atoms with Crippen LogP contribution in [0.1, 0.15) is 30.5 Å². The van der Waals surface area contributed by atoms with Gasteiger partial charge in [-0.1, -0.05) is 31.2 Å². The average Bonchev–Trinajstić information content (AvgIpc) is 2.78. The Morgan fingerprint density at radius 1 is 1.32 bits per heavy atom. The van der Waals surface area contributed by atoms with Crippen LogP contribution in [-0.4, -0.2) is 16.1 Å². The maximum absolute atomic E-state index is 10.5. The van der Waals surface area contributed by atoms with E-state index in [1.807, 2.05) is 19.1 Å². The summed E-state index contributed by atoms with van der Waals surface area (Å²) in [7, 11) is 0. The highest BCUT2D eigenvalue weighted by molar-refractivity contribution is 5.67. The van der Waals surface area contributed by atoms with Crippen LogP contribution in [0.4, 0.5) is 0 Å². The van der Waals surface area contributed by atoms with Gasteiger partial charge < -0.3 is 9.52 Å². The lowest BCUT2D eigenvalue weighted by molar-refractivity contribution is -0.137. The average molecular weight is 259 g/mol. The quantitative estimate of drug-likeness (QED) is 0.895. The first kappa shape index (κ1) is 13.3. The van der Waals surface area contributed by atoms with E-state index in [-0.39, 0.29) is 6.42 Å². The number of hydrogen-bond donors (Lipinski definition) is 1. The fourth-order valence-electron chi connectivity index (χ4n) is 1.93. The predicted molar refractivity (Wildman–Crippen MR) is 72.0 cm³/mol. The number of aliphatic carboxylic acids is 1. The zero-order valence-corrected chi connectivity index (χ0v) is 11.1. The third-order valence-electron chi connectivity index (χ3n) is 3.02. The van der Waals surface area contributed by atoms with Crippen LogP contribution in [0.3, 0.4) is 0 Å². The number of aryl methyl sites for hydroxylation is 3. The molecular weight excluding hydrogens is 242 g/mol. The van der Waals surface area contributed by atoms with Crippen molar-refractivity contribution >= 4 is 5.97 Å². The van der Waals surface area contributed by atoms with Crippen molar-refractivity contribution in [1.82, 2.24) is 4.98 Å². The van der Waals surface area contributed by atoms with Crippen molar-refractivity contribution in [3.63, 3.8) is 0 Å². The van der Waals surface area contributed by atoms with Gasteiger partial charge in [0.2, 0.25) is 0 Å². The number of aromatic nitrogens is 1. The normalized spacial score (nSPS) is 10.6. The third-order valence-corrected chi connectivity index (χ3v) is 3.02. The largest absolute Gasteiger partial charge is 0.481 e. The van der Waals surface area contributed by atoms with E-state index in [2.05, 4.69) is 24.0 Å². The highest BCUT2D eigenvalue weighted by Crippen LogP contribution is 2.25. The van der Waals surface area contributed by atoms with Gasteiger partial charge in [-0.2, -0.15) is 0 Å². The van der Waals surface area contributed by atoms with E-state index < -0.39 is 5.97 Å². The molecule has 1 heterocycles. The first-order chi connectivity index (χ1) is 9.10. The molecule has 1 N–H and O–H groups in total. The Balaban J connectivity index is 2.21. The van der Waals surface area contributed by atoms with E-state index >= 15 is 0 Å². The van der Waals surface area contributed by atoms with Crippen molar-refractivity contribution in [2.45, 2.75) is 33.1 Å². The summed E-state index contributed by atoms with van der Waals surface area (Å²) >= 11 is 0. The molecule has 2 aromatic rings. The maximum atomic E-state index is 10.5. The molecule has 0 aliphatic heterocycles. The molecule has 1 aromatic heterocycles. The minimum absolute atomic E-state index is 0.0359. The van der Waals surface area contributed by atoms with Crippen molar-refractivity contribution in [3.05, 3.63) is 41.4 Å². The number of carboxylic acids is 1. The molecule has 0 aliphatic rings. The minimum Gasteiger partial charge on any atom is -0.481 e. The highest BCUT2D eigenvalue weighted by atomic mass is 16.4. The van der Waals surface area contributed by atoms with Crippen LogP contribution in [-0.2, 0) is 17.6 Å². The molecule has 0 amide bonds. The van der Waals surface area contributed by atoms with Gasteiger partial charge in [0.05, 0.1) is 12.1 Å². The molecule has 0 fully saturated rings. The smallest absolute Gasteiger partial charge is 0.303 e. The van der Waals surface area contributed by atoms with Crippen molar-refractivity contribution < 1.29 is 14.3 Å². The van der Waals surface area contributed by atoms with Gasteiger partial charge in [-0.25, -0.2) is 4.98 Å². The number of carboxylic acid groups (broad SMARTS) is 1. The summed E-state index contributed by atoms with van der Waals surface area (Å²) in [6, 6.07) is 8.14. The molecule has 0 saturated carbocycles. The van der Waals surface area contributed by atoms with Gasteiger partial charge in [0.15, 0.2) is 11.7 Å². The van der Waals surface area contributed by atoms with Crippen LogP contribution >= 0.6 is 0 Å². The van der Waals surface area contributed by atoms with Gasteiger partial charge in [0.25, 0.3) is 0 Å². The fraction of sp³-hybridized carbons (Fsp3) is 0.333. The molecule has 0 saturated heterocycles. The Morgan fingerprint density at radius 2 is 2.00 bits per heavy atom. The minimum atomic E-state index is -0.843. The van der Waals surface area contributed by atoms with E-state index in [1.165, 1.54) is 5.56 Å². The Morgan fingerprint density at radius 3 is 2.58 bits per heavy atom. The molecule has 0 atom stereocenters. The molecule has 0 aliphatic carbocycles. The lowest BCUT2D eigenvalue weighted by Gasteiger charge is -2.00. The van der Waals surface area contributed by atoms with Crippen molar-refractivity contribution in [3.8, 4) is 11.3 Å². The van der Waals surface area contributed by atoms with Gasteiger partial charge in [-0.15, -0.1) is 0 Å². The molecular formula is C15H17NO3. The number of rotatable bonds is 5. The van der Waals surface area contributed by atoms with E-state index in [4.69, 9.17) is 9.52 Å². The molecule has 0 spiro atoms. The Bertz CT molecular complexity index is 570. The van der Waals surface area contributed by atoms with Crippen LogP contribution < -0.4 is 0 Å². The molecule has 19 heavy (non-hydrogen) atoms. The Hall–Kier alpha value is -2.10. The number of hydrogen-bond acceptors (Lipinski definition) is 3. The highest BCUT2D eigenvalue weighted by Gasteiger charge is 2.12. The first-order valence-electron chi connectivity index (χ1n) is 6.37. The summed E-state index contributed by atoms with van der Waals surface area (Å²) in [6.07, 6.45) is 1.36. The van der Waals surface area contributed by atoms with E-state index in [9.17, 15) is 4.79 Å². The van der Waals surface area contributed by atoms with Gasteiger partial charge in [0, 0.05) is 12.0 Å². The first-order valence-corrected chi connectivity index (χ1v) is 6.37. The second kappa shape index (κ2) is 5.69. The lowest BCUT2D eigenvalue weighted by Crippen LogP contribution is -1.97. The van der Waals surface area contributed by atoms with Gasteiger partial charge in [-0.3, -0.25) is 4.79 Å². The SMILES string of the molecule is CCc1ccc(-c2oc(CCC(=O)O)nc2C)cc1. The summed E-state index contributed by atoms with van der Waals surface area (Å²) < 4.78 is 5.65. The second-order valence-corrected chi connectivity index (χ2v) is 4.47. The summed E-state index contributed by atoms with van der Waals surface area (Å²) in [5.74, 6) is 0.363. The molecule has 1 aromatic carbocycles. The topological polar surface area (TPSA) is 63.3 Å². The molecule has 0 bridgehead atoms. The molecule has 0 radical (unpaired) electrons. The van der Waals surface area contributed by atoms with Crippen molar-refractivity contribution in [2.24, 2.45) is 0 Å². The predicted octanol–water partition coefficient (Wildman–Crippen LogP) is 3.23. The molecule has 4 heteroatoms.